The summed E-state index contributed by atoms with van der Waals surface area (Å²) < 4.78 is 0. The Morgan fingerprint density at radius 1 is 0.972 bits per heavy atom. The highest BCUT2D eigenvalue weighted by atomic mass is 16.2. The van der Waals surface area contributed by atoms with Gasteiger partial charge in [0.2, 0.25) is 5.91 Å². The molecule has 1 saturated heterocycles. The van der Waals surface area contributed by atoms with Crippen LogP contribution in [0.25, 0.3) is 11.1 Å². The van der Waals surface area contributed by atoms with Gasteiger partial charge in [-0.05, 0) is 73.6 Å². The van der Waals surface area contributed by atoms with E-state index in [2.05, 4.69) is 49.4 Å². The minimum absolute atomic E-state index is 0.0213. The lowest BCUT2D eigenvalue weighted by atomic mass is 9.82. The molecule has 0 radical (unpaired) electrons. The largest absolute Gasteiger partial charge is 0.339 e. The van der Waals surface area contributed by atoms with Crippen molar-refractivity contribution in [2.75, 3.05) is 13.1 Å². The van der Waals surface area contributed by atoms with Crippen LogP contribution in [0.4, 0.5) is 0 Å². The zero-order valence-corrected chi connectivity index (χ0v) is 22.0. The lowest BCUT2D eigenvalue weighted by Crippen LogP contribution is -2.40. The number of unbranched alkanes of at least 4 members (excludes halogenated alkanes) is 1. The van der Waals surface area contributed by atoms with Crippen molar-refractivity contribution in [3.63, 3.8) is 0 Å². The fourth-order valence-electron chi connectivity index (χ4n) is 5.93. The molecule has 4 nitrogen and oxygen atoms in total. The molecule has 2 aliphatic rings. The molecule has 36 heavy (non-hydrogen) atoms. The summed E-state index contributed by atoms with van der Waals surface area (Å²) in [5.41, 5.74) is 5.19. The Morgan fingerprint density at radius 2 is 1.69 bits per heavy atom. The molecule has 0 bridgehead atoms. The molecule has 0 N–H and O–H groups in total. The second kappa shape index (κ2) is 11.8. The maximum Gasteiger partial charge on any atom is 0.249 e. The number of amides is 1. The average Bonchev–Trinajstić information content (AvgIpc) is 3.28. The summed E-state index contributed by atoms with van der Waals surface area (Å²) >= 11 is 0. The molecule has 0 spiro atoms. The molecule has 2 atom stereocenters. The van der Waals surface area contributed by atoms with E-state index in [9.17, 15) is 14.4 Å². The summed E-state index contributed by atoms with van der Waals surface area (Å²) in [7, 11) is 0. The molecule has 1 amide bonds. The average molecular weight is 486 g/mol. The number of hydrogen-bond donors (Lipinski definition) is 0. The van der Waals surface area contributed by atoms with Gasteiger partial charge in [-0.3, -0.25) is 14.4 Å². The molecule has 1 aliphatic carbocycles. The Bertz CT molecular complexity index is 1120. The van der Waals surface area contributed by atoms with E-state index >= 15 is 0 Å². The van der Waals surface area contributed by atoms with Gasteiger partial charge in [-0.15, -0.1) is 0 Å². The van der Waals surface area contributed by atoms with Gasteiger partial charge < -0.3 is 4.90 Å². The minimum Gasteiger partial charge on any atom is -0.339 e. The first-order chi connectivity index (χ1) is 17.4. The monoisotopic (exact) mass is 485 g/mol. The SMILES string of the molecule is CCCC=C(C)C(=O)N1CCC(C2CC(=O)C(c3ccc(-c4cccc(CC(C)=O)c4)cc3)C2)CC1. The van der Waals surface area contributed by atoms with E-state index in [1.165, 1.54) is 0 Å². The van der Waals surface area contributed by atoms with E-state index in [4.69, 9.17) is 0 Å². The van der Waals surface area contributed by atoms with Gasteiger partial charge in [0.25, 0.3) is 0 Å². The highest BCUT2D eigenvalue weighted by Crippen LogP contribution is 2.42. The van der Waals surface area contributed by atoms with Gasteiger partial charge in [0.05, 0.1) is 0 Å². The van der Waals surface area contributed by atoms with Crippen LogP contribution < -0.4 is 0 Å². The summed E-state index contributed by atoms with van der Waals surface area (Å²) in [5.74, 6) is 1.60. The first-order valence-electron chi connectivity index (χ1n) is 13.5. The fourth-order valence-corrected chi connectivity index (χ4v) is 5.93. The van der Waals surface area contributed by atoms with Gasteiger partial charge in [0.1, 0.15) is 11.6 Å². The molecular formula is C32H39NO3. The van der Waals surface area contributed by atoms with Crippen LogP contribution in [0, 0.1) is 11.8 Å². The number of carbonyl (C=O) groups is 3. The fraction of sp³-hybridized carbons (Fsp3) is 0.469. The molecule has 2 aromatic carbocycles. The number of benzene rings is 2. The van der Waals surface area contributed by atoms with Crippen molar-refractivity contribution in [2.45, 2.75) is 71.6 Å². The van der Waals surface area contributed by atoms with Crippen molar-refractivity contribution < 1.29 is 14.4 Å². The molecule has 1 aliphatic heterocycles. The smallest absolute Gasteiger partial charge is 0.249 e. The van der Waals surface area contributed by atoms with Crippen molar-refractivity contribution in [2.24, 2.45) is 11.8 Å². The summed E-state index contributed by atoms with van der Waals surface area (Å²) in [4.78, 5) is 39.2. The van der Waals surface area contributed by atoms with Crippen LogP contribution in [0.3, 0.4) is 0 Å². The lowest BCUT2D eigenvalue weighted by Gasteiger charge is -2.35. The molecule has 4 heteroatoms. The van der Waals surface area contributed by atoms with Crippen LogP contribution in [0.2, 0.25) is 0 Å². The maximum absolute atomic E-state index is 13.0. The summed E-state index contributed by atoms with van der Waals surface area (Å²) in [6, 6.07) is 16.5. The van der Waals surface area contributed by atoms with Crippen molar-refractivity contribution in [3.8, 4) is 11.1 Å². The summed E-state index contributed by atoms with van der Waals surface area (Å²) in [5, 5.41) is 0. The van der Waals surface area contributed by atoms with Gasteiger partial charge in [-0.25, -0.2) is 0 Å². The molecule has 1 heterocycles. The highest BCUT2D eigenvalue weighted by molar-refractivity contribution is 5.93. The van der Waals surface area contributed by atoms with E-state index in [1.54, 1.807) is 6.92 Å². The molecule has 0 aromatic heterocycles. The normalized spacial score (nSPS) is 21.1. The number of piperidine rings is 1. The lowest BCUT2D eigenvalue weighted by molar-refractivity contribution is -0.129. The third-order valence-corrected chi connectivity index (χ3v) is 7.99. The van der Waals surface area contributed by atoms with Crippen LogP contribution in [-0.4, -0.2) is 35.5 Å². The number of ketones is 2. The topological polar surface area (TPSA) is 54.5 Å². The Morgan fingerprint density at radius 3 is 2.36 bits per heavy atom. The van der Waals surface area contributed by atoms with E-state index in [1.807, 2.05) is 24.0 Å². The van der Waals surface area contributed by atoms with Gasteiger partial charge >= 0.3 is 0 Å². The Hall–Kier alpha value is -3.01. The van der Waals surface area contributed by atoms with Crippen LogP contribution >= 0.6 is 0 Å². The molecule has 2 aromatic rings. The number of nitrogens with zero attached hydrogens (tertiary/aromatic N) is 1. The van der Waals surface area contributed by atoms with E-state index in [-0.39, 0.29) is 17.6 Å². The highest BCUT2D eigenvalue weighted by Gasteiger charge is 2.39. The summed E-state index contributed by atoms with van der Waals surface area (Å²) in [6.07, 6.45) is 8.08. The van der Waals surface area contributed by atoms with Crippen molar-refractivity contribution in [3.05, 3.63) is 71.3 Å². The van der Waals surface area contributed by atoms with Crippen LogP contribution in [-0.2, 0) is 20.8 Å². The van der Waals surface area contributed by atoms with Gasteiger partial charge in [-0.1, -0.05) is 68.0 Å². The van der Waals surface area contributed by atoms with Crippen LogP contribution in [0.5, 0.6) is 0 Å². The molecule has 2 unspecified atom stereocenters. The van der Waals surface area contributed by atoms with Crippen LogP contribution in [0.15, 0.2) is 60.2 Å². The first-order valence-corrected chi connectivity index (χ1v) is 13.5. The Kier molecular flexibility index (Phi) is 8.56. The zero-order chi connectivity index (χ0) is 25.7. The Labute approximate surface area is 215 Å². The third-order valence-electron chi connectivity index (χ3n) is 7.99. The predicted molar refractivity (Wildman–Crippen MR) is 145 cm³/mol. The Balaban J connectivity index is 1.35. The van der Waals surface area contributed by atoms with Gasteiger partial charge in [-0.2, -0.15) is 0 Å². The van der Waals surface area contributed by atoms with Crippen molar-refractivity contribution >= 4 is 17.5 Å². The molecule has 190 valence electrons. The summed E-state index contributed by atoms with van der Waals surface area (Å²) in [6.45, 7) is 7.27. The van der Waals surface area contributed by atoms with Crippen molar-refractivity contribution in [1.82, 2.24) is 4.90 Å². The van der Waals surface area contributed by atoms with Crippen molar-refractivity contribution in [1.29, 1.82) is 0 Å². The minimum atomic E-state index is -0.0213. The molecule has 1 saturated carbocycles. The third kappa shape index (κ3) is 6.21. The number of hydrogen-bond acceptors (Lipinski definition) is 3. The number of Topliss-reactive ketones (excluding diaryl/α,β-unsaturated/α-hetero) is 2. The quantitative estimate of drug-likeness (QED) is 0.399. The number of allylic oxidation sites excluding steroid dienone is 1. The molecular weight excluding hydrogens is 446 g/mol. The predicted octanol–water partition coefficient (Wildman–Crippen LogP) is 6.53. The zero-order valence-electron chi connectivity index (χ0n) is 22.0. The van der Waals surface area contributed by atoms with E-state index in [0.29, 0.717) is 30.5 Å². The van der Waals surface area contributed by atoms with E-state index < -0.39 is 0 Å². The first kappa shape index (κ1) is 26.1. The molecule has 2 fully saturated rings. The second-order valence-electron chi connectivity index (χ2n) is 10.7. The van der Waals surface area contributed by atoms with Gasteiger partial charge in [0.15, 0.2) is 0 Å². The standard InChI is InChI=1S/C32H39NO3/c1-4-5-7-22(2)32(36)33-16-14-26(15-17-33)29-20-30(31(35)21-29)27-12-10-25(11-13-27)28-9-6-8-24(19-28)18-23(3)34/h6-13,19,26,29-30H,4-5,14-18,20-21H2,1-3H3. The van der Waals surface area contributed by atoms with E-state index in [0.717, 1.165) is 73.0 Å². The number of rotatable bonds is 8. The van der Waals surface area contributed by atoms with Gasteiger partial charge in [0, 0.05) is 37.4 Å². The second-order valence-corrected chi connectivity index (χ2v) is 10.7. The maximum atomic E-state index is 13.0. The number of likely N-dealkylation sites (tertiary alicyclic amines) is 1. The molecule has 4 rings (SSSR count). The van der Waals surface area contributed by atoms with Crippen LogP contribution in [0.1, 0.15) is 76.3 Å². The number of carbonyl (C=O) groups excluding carboxylic acids is 3.